The standard InChI is InChI=1S/C32H26F3NO3S/c1-2-29(24-10-5-3-6-11-24)31(25-12-7-4-8-13-25)26-19-16-23(17-20-26)18-21-30(37)36-40(38,39)28-15-9-14-27(22-28)32(33,34)35/h3-22H,2H2,1H3,(H,36,37). The number of halogens is 3. The number of carbonyl (C=O) groups excluding carboxylic acids is 1. The average Bonchev–Trinajstić information content (AvgIpc) is 2.95. The van der Waals surface area contributed by atoms with Gasteiger partial charge in [0.2, 0.25) is 0 Å². The monoisotopic (exact) mass is 561 g/mol. The summed E-state index contributed by atoms with van der Waals surface area (Å²) in [6.45, 7) is 2.11. The molecular weight excluding hydrogens is 535 g/mol. The van der Waals surface area contributed by atoms with Crippen molar-refractivity contribution in [3.05, 3.63) is 143 Å². The highest BCUT2D eigenvalue weighted by atomic mass is 32.2. The molecule has 1 N–H and O–H groups in total. The molecule has 0 saturated heterocycles. The number of hydrogen-bond donors (Lipinski definition) is 1. The number of allylic oxidation sites excluding steroid dienone is 1. The number of rotatable bonds is 8. The van der Waals surface area contributed by atoms with E-state index in [9.17, 15) is 26.4 Å². The second-order valence-electron chi connectivity index (χ2n) is 8.89. The Bertz CT molecular complexity index is 1640. The van der Waals surface area contributed by atoms with Crippen LogP contribution in [0.3, 0.4) is 0 Å². The molecule has 0 radical (unpaired) electrons. The summed E-state index contributed by atoms with van der Waals surface area (Å²) in [5, 5.41) is 0. The van der Waals surface area contributed by atoms with Crippen molar-refractivity contribution in [2.24, 2.45) is 0 Å². The molecule has 0 aromatic heterocycles. The summed E-state index contributed by atoms with van der Waals surface area (Å²) < 4.78 is 65.6. The van der Waals surface area contributed by atoms with E-state index in [4.69, 9.17) is 0 Å². The Labute approximate surface area is 231 Å². The fraction of sp³-hybridized carbons (Fsp3) is 0.0938. The molecule has 1 amide bonds. The molecule has 0 aliphatic heterocycles. The third kappa shape index (κ3) is 6.95. The first kappa shape index (κ1) is 28.6. The highest BCUT2D eigenvalue weighted by molar-refractivity contribution is 7.90. The van der Waals surface area contributed by atoms with E-state index >= 15 is 0 Å². The largest absolute Gasteiger partial charge is 0.416 e. The molecule has 0 atom stereocenters. The third-order valence-electron chi connectivity index (χ3n) is 6.17. The van der Waals surface area contributed by atoms with Crippen molar-refractivity contribution >= 4 is 33.2 Å². The lowest BCUT2D eigenvalue weighted by Gasteiger charge is -2.16. The molecular formula is C32H26F3NO3S. The number of alkyl halides is 3. The van der Waals surface area contributed by atoms with Crippen LogP contribution in [0, 0.1) is 0 Å². The topological polar surface area (TPSA) is 63.2 Å². The summed E-state index contributed by atoms with van der Waals surface area (Å²) in [5.41, 5.74) is 4.92. The van der Waals surface area contributed by atoms with Crippen molar-refractivity contribution in [3.63, 3.8) is 0 Å². The predicted octanol–water partition coefficient (Wildman–Crippen LogP) is 7.59. The minimum atomic E-state index is -4.71. The molecule has 0 unspecified atom stereocenters. The van der Waals surface area contributed by atoms with Crippen LogP contribution >= 0.6 is 0 Å². The Balaban J connectivity index is 1.57. The molecule has 4 aromatic carbocycles. The molecule has 8 heteroatoms. The lowest BCUT2D eigenvalue weighted by Crippen LogP contribution is -2.29. The maximum atomic E-state index is 13.0. The van der Waals surface area contributed by atoms with Crippen LogP contribution in [0.15, 0.2) is 120 Å². The van der Waals surface area contributed by atoms with Crippen LogP contribution in [-0.2, 0) is 21.0 Å². The number of hydrogen-bond acceptors (Lipinski definition) is 3. The van der Waals surface area contributed by atoms with Crippen LogP contribution in [0.5, 0.6) is 0 Å². The first-order valence-corrected chi connectivity index (χ1v) is 13.9. The Morgan fingerprint density at radius 3 is 1.93 bits per heavy atom. The van der Waals surface area contributed by atoms with E-state index in [0.717, 1.165) is 53.0 Å². The lowest BCUT2D eigenvalue weighted by atomic mass is 9.88. The normalized spacial score (nSPS) is 12.7. The lowest BCUT2D eigenvalue weighted by molar-refractivity contribution is -0.137. The zero-order valence-corrected chi connectivity index (χ0v) is 22.3. The van der Waals surface area contributed by atoms with Gasteiger partial charge in [0, 0.05) is 6.08 Å². The van der Waals surface area contributed by atoms with Gasteiger partial charge in [0.25, 0.3) is 15.9 Å². The maximum absolute atomic E-state index is 13.0. The van der Waals surface area contributed by atoms with Crippen LogP contribution in [0.2, 0.25) is 0 Å². The number of nitrogens with one attached hydrogen (secondary N) is 1. The van der Waals surface area contributed by atoms with Crippen LogP contribution < -0.4 is 4.72 Å². The van der Waals surface area contributed by atoms with E-state index in [0.29, 0.717) is 11.6 Å². The molecule has 0 aliphatic carbocycles. The SMILES string of the molecule is CCC(=C(c1ccccc1)c1ccc(C=CC(=O)NS(=O)(=O)c2cccc(C(F)(F)F)c2)cc1)c1ccccc1. The Kier molecular flexibility index (Phi) is 8.70. The first-order chi connectivity index (χ1) is 19.1. The van der Waals surface area contributed by atoms with Gasteiger partial charge in [-0.15, -0.1) is 0 Å². The van der Waals surface area contributed by atoms with Crippen LogP contribution in [0.4, 0.5) is 13.2 Å². The zero-order chi connectivity index (χ0) is 28.8. The Hall–Kier alpha value is -4.43. The van der Waals surface area contributed by atoms with Crippen molar-refractivity contribution in [1.29, 1.82) is 0 Å². The Morgan fingerprint density at radius 1 is 0.775 bits per heavy atom. The summed E-state index contributed by atoms with van der Waals surface area (Å²) in [6.07, 6.45) is -1.45. The van der Waals surface area contributed by atoms with Gasteiger partial charge in [-0.05, 0) is 64.1 Å². The van der Waals surface area contributed by atoms with Crippen LogP contribution in [0.25, 0.3) is 17.2 Å². The molecule has 0 heterocycles. The quantitative estimate of drug-likeness (QED) is 0.178. The fourth-order valence-corrected chi connectivity index (χ4v) is 5.27. The van der Waals surface area contributed by atoms with Crippen LogP contribution in [-0.4, -0.2) is 14.3 Å². The van der Waals surface area contributed by atoms with Gasteiger partial charge >= 0.3 is 6.18 Å². The van der Waals surface area contributed by atoms with Gasteiger partial charge in [-0.3, -0.25) is 4.79 Å². The van der Waals surface area contributed by atoms with Crippen molar-refractivity contribution in [2.45, 2.75) is 24.4 Å². The molecule has 40 heavy (non-hydrogen) atoms. The highest BCUT2D eigenvalue weighted by Crippen LogP contribution is 2.34. The van der Waals surface area contributed by atoms with Gasteiger partial charge < -0.3 is 0 Å². The molecule has 0 bridgehead atoms. The summed E-state index contributed by atoms with van der Waals surface area (Å²) in [7, 11) is -4.49. The van der Waals surface area contributed by atoms with Crippen molar-refractivity contribution in [3.8, 4) is 0 Å². The number of sulfonamides is 1. The minimum Gasteiger partial charge on any atom is -0.269 e. The summed E-state index contributed by atoms with van der Waals surface area (Å²) in [4.78, 5) is 11.7. The van der Waals surface area contributed by atoms with Crippen molar-refractivity contribution in [2.75, 3.05) is 0 Å². The molecule has 4 nitrogen and oxygen atoms in total. The summed E-state index contributed by atoms with van der Waals surface area (Å²) in [5.74, 6) is -0.983. The van der Waals surface area contributed by atoms with E-state index in [-0.39, 0.29) is 0 Å². The number of amides is 1. The van der Waals surface area contributed by atoms with Gasteiger partial charge in [0.15, 0.2) is 0 Å². The predicted molar refractivity (Wildman–Crippen MR) is 151 cm³/mol. The van der Waals surface area contributed by atoms with Gasteiger partial charge in [0.1, 0.15) is 0 Å². The van der Waals surface area contributed by atoms with E-state index in [1.807, 2.05) is 60.7 Å². The van der Waals surface area contributed by atoms with Crippen molar-refractivity contribution in [1.82, 2.24) is 4.72 Å². The van der Waals surface area contributed by atoms with Crippen LogP contribution in [0.1, 0.15) is 41.2 Å². The molecule has 204 valence electrons. The summed E-state index contributed by atoms with van der Waals surface area (Å²) in [6, 6.07) is 30.8. The van der Waals surface area contributed by atoms with Crippen molar-refractivity contribution < 1.29 is 26.4 Å². The second-order valence-corrected chi connectivity index (χ2v) is 10.6. The molecule has 0 fully saturated rings. The van der Waals surface area contributed by atoms with E-state index < -0.39 is 32.6 Å². The third-order valence-corrected chi connectivity index (χ3v) is 7.52. The van der Waals surface area contributed by atoms with E-state index in [1.165, 1.54) is 11.6 Å². The highest BCUT2D eigenvalue weighted by Gasteiger charge is 2.31. The van der Waals surface area contributed by atoms with Gasteiger partial charge in [-0.1, -0.05) is 97.9 Å². The Morgan fingerprint density at radius 2 is 1.35 bits per heavy atom. The average molecular weight is 562 g/mol. The van der Waals surface area contributed by atoms with E-state index in [2.05, 4.69) is 31.2 Å². The molecule has 4 aromatic rings. The second kappa shape index (κ2) is 12.2. The number of benzene rings is 4. The smallest absolute Gasteiger partial charge is 0.269 e. The zero-order valence-electron chi connectivity index (χ0n) is 21.5. The van der Waals surface area contributed by atoms with Gasteiger partial charge in [-0.25, -0.2) is 13.1 Å². The first-order valence-electron chi connectivity index (χ1n) is 12.4. The molecule has 0 saturated carbocycles. The van der Waals surface area contributed by atoms with Gasteiger partial charge in [0.05, 0.1) is 10.5 Å². The molecule has 0 spiro atoms. The molecule has 0 aliphatic rings. The molecule has 4 rings (SSSR count). The number of carbonyl (C=O) groups is 1. The van der Waals surface area contributed by atoms with Gasteiger partial charge in [-0.2, -0.15) is 13.2 Å². The van der Waals surface area contributed by atoms with E-state index in [1.54, 1.807) is 4.72 Å². The minimum absolute atomic E-state index is 0.482. The summed E-state index contributed by atoms with van der Waals surface area (Å²) >= 11 is 0. The fourth-order valence-electron chi connectivity index (χ4n) is 4.28. The maximum Gasteiger partial charge on any atom is 0.416 e.